The van der Waals surface area contributed by atoms with E-state index >= 15 is 4.39 Å². The molecule has 12 heteroatoms. The van der Waals surface area contributed by atoms with Gasteiger partial charge in [-0.1, -0.05) is 0 Å². The molecule has 1 saturated carbocycles. The molecule has 2 heterocycles. The molecule has 1 saturated heterocycles. The Labute approximate surface area is 167 Å². The SMILES string of the molecule is COc1c(N2CCC(C(O)C(F)(F)F)C2)c(F)cc2c(=O)n(N)c(=O)n(C3CC3)c12. The van der Waals surface area contributed by atoms with E-state index < -0.39 is 35.3 Å². The molecule has 2 aliphatic rings. The van der Waals surface area contributed by atoms with E-state index in [-0.39, 0.29) is 47.9 Å². The first-order valence-corrected chi connectivity index (χ1v) is 9.38. The third-order valence-electron chi connectivity index (χ3n) is 5.72. The van der Waals surface area contributed by atoms with Gasteiger partial charge in [0.2, 0.25) is 0 Å². The van der Waals surface area contributed by atoms with Crippen molar-refractivity contribution in [3.63, 3.8) is 0 Å². The van der Waals surface area contributed by atoms with Crippen molar-refractivity contribution in [1.82, 2.24) is 9.24 Å². The predicted octanol–water partition coefficient (Wildman–Crippen LogP) is 1.11. The minimum Gasteiger partial charge on any atom is -0.492 e. The van der Waals surface area contributed by atoms with Crippen LogP contribution in [0.15, 0.2) is 15.7 Å². The molecule has 2 unspecified atom stereocenters. The van der Waals surface area contributed by atoms with Gasteiger partial charge in [-0.25, -0.2) is 9.18 Å². The summed E-state index contributed by atoms with van der Waals surface area (Å²) in [6, 6.07) is 0.686. The lowest BCUT2D eigenvalue weighted by atomic mass is 10.0. The Morgan fingerprint density at radius 2 is 1.93 bits per heavy atom. The molecular formula is C18H20F4N4O4. The average Bonchev–Trinajstić information content (AvgIpc) is 3.40. The summed E-state index contributed by atoms with van der Waals surface area (Å²) in [4.78, 5) is 26.4. The first kappa shape index (κ1) is 20.5. The fraction of sp³-hybridized carbons (Fsp3) is 0.556. The standard InChI is InChI=1S/C18H20F4N4O4/c1-30-14-12-10(16(28)26(23)17(29)25(12)9-2-3-9)6-11(19)13(14)24-5-4-8(7-24)15(27)18(20,21)22/h6,8-9,15,27H,2-5,7,23H2,1H3. The molecule has 0 spiro atoms. The number of anilines is 1. The topological polar surface area (TPSA) is 103 Å². The number of halogens is 4. The second-order valence-corrected chi connectivity index (χ2v) is 7.68. The molecule has 2 atom stereocenters. The van der Waals surface area contributed by atoms with Crippen molar-refractivity contribution in [3.05, 3.63) is 32.7 Å². The number of nitrogens with zero attached hydrogens (tertiary/aromatic N) is 3. The van der Waals surface area contributed by atoms with E-state index in [9.17, 15) is 27.9 Å². The highest BCUT2D eigenvalue weighted by Gasteiger charge is 2.46. The molecule has 164 valence electrons. The Morgan fingerprint density at radius 1 is 1.27 bits per heavy atom. The second-order valence-electron chi connectivity index (χ2n) is 7.68. The lowest BCUT2D eigenvalue weighted by Gasteiger charge is -2.25. The second kappa shape index (κ2) is 6.89. The fourth-order valence-corrected chi connectivity index (χ4v) is 4.11. The summed E-state index contributed by atoms with van der Waals surface area (Å²) in [5.41, 5.74) is -1.77. The summed E-state index contributed by atoms with van der Waals surface area (Å²) >= 11 is 0. The first-order chi connectivity index (χ1) is 14.1. The van der Waals surface area contributed by atoms with Crippen molar-refractivity contribution in [1.29, 1.82) is 0 Å². The van der Waals surface area contributed by atoms with Crippen molar-refractivity contribution in [2.75, 3.05) is 30.9 Å². The molecule has 4 rings (SSSR count). The molecule has 2 fully saturated rings. The number of nitrogens with two attached hydrogens (primary N) is 1. The number of hydrogen-bond acceptors (Lipinski definition) is 6. The Morgan fingerprint density at radius 3 is 2.50 bits per heavy atom. The average molecular weight is 432 g/mol. The fourth-order valence-electron chi connectivity index (χ4n) is 4.11. The van der Waals surface area contributed by atoms with E-state index in [2.05, 4.69) is 0 Å². The lowest BCUT2D eigenvalue weighted by molar-refractivity contribution is -0.217. The van der Waals surface area contributed by atoms with Gasteiger partial charge in [0.25, 0.3) is 5.56 Å². The number of aromatic nitrogens is 2. The zero-order valence-corrected chi connectivity index (χ0v) is 15.9. The van der Waals surface area contributed by atoms with Crippen LogP contribution in [-0.2, 0) is 0 Å². The van der Waals surface area contributed by atoms with Gasteiger partial charge in [0, 0.05) is 25.0 Å². The van der Waals surface area contributed by atoms with Gasteiger partial charge in [-0.2, -0.15) is 17.8 Å². The van der Waals surface area contributed by atoms with Gasteiger partial charge >= 0.3 is 11.9 Å². The zero-order valence-electron chi connectivity index (χ0n) is 15.9. The molecule has 30 heavy (non-hydrogen) atoms. The third-order valence-corrected chi connectivity index (χ3v) is 5.72. The molecule has 8 nitrogen and oxygen atoms in total. The highest BCUT2D eigenvalue weighted by Crippen LogP contribution is 2.44. The van der Waals surface area contributed by atoms with Crippen LogP contribution in [0.5, 0.6) is 5.75 Å². The van der Waals surface area contributed by atoms with Gasteiger partial charge in [0.05, 0.1) is 12.5 Å². The summed E-state index contributed by atoms with van der Waals surface area (Å²) in [6.45, 7) is -0.223. The molecule has 0 radical (unpaired) electrons. The van der Waals surface area contributed by atoms with Crippen molar-refractivity contribution in [2.24, 2.45) is 5.92 Å². The van der Waals surface area contributed by atoms with E-state index in [1.54, 1.807) is 0 Å². The van der Waals surface area contributed by atoms with Gasteiger partial charge < -0.3 is 20.6 Å². The molecular weight excluding hydrogens is 412 g/mol. The van der Waals surface area contributed by atoms with Crippen LogP contribution in [0, 0.1) is 11.7 Å². The summed E-state index contributed by atoms with van der Waals surface area (Å²) in [5.74, 6) is 3.42. The predicted molar refractivity (Wildman–Crippen MR) is 99.8 cm³/mol. The number of alkyl halides is 3. The van der Waals surface area contributed by atoms with E-state index in [1.165, 1.54) is 16.6 Å². The van der Waals surface area contributed by atoms with E-state index in [4.69, 9.17) is 10.6 Å². The quantitative estimate of drug-likeness (QED) is 0.554. The molecule has 0 amide bonds. The van der Waals surface area contributed by atoms with Crippen LogP contribution in [-0.4, -0.2) is 46.8 Å². The first-order valence-electron chi connectivity index (χ1n) is 9.38. The van der Waals surface area contributed by atoms with Gasteiger partial charge in [0.15, 0.2) is 17.7 Å². The van der Waals surface area contributed by atoms with Crippen molar-refractivity contribution in [2.45, 2.75) is 37.6 Å². The van der Waals surface area contributed by atoms with Crippen LogP contribution in [0.4, 0.5) is 23.2 Å². The van der Waals surface area contributed by atoms with Crippen LogP contribution in [0.25, 0.3) is 10.9 Å². The third kappa shape index (κ3) is 3.09. The number of rotatable bonds is 4. The zero-order chi connectivity index (χ0) is 22.0. The molecule has 0 bridgehead atoms. The van der Waals surface area contributed by atoms with Crippen LogP contribution in [0.2, 0.25) is 0 Å². The smallest absolute Gasteiger partial charge is 0.414 e. The van der Waals surface area contributed by atoms with Crippen LogP contribution in [0.1, 0.15) is 25.3 Å². The Balaban J connectivity index is 1.89. The molecule has 1 aromatic carbocycles. The Hall–Kier alpha value is -2.76. The number of fused-ring (bicyclic) bond motifs is 1. The Kier molecular flexibility index (Phi) is 4.71. The highest BCUT2D eigenvalue weighted by atomic mass is 19.4. The van der Waals surface area contributed by atoms with Crippen LogP contribution < -0.4 is 26.7 Å². The van der Waals surface area contributed by atoms with E-state index in [1.807, 2.05) is 0 Å². The molecule has 1 aliphatic heterocycles. The minimum absolute atomic E-state index is 0.0128. The van der Waals surface area contributed by atoms with Gasteiger partial charge in [-0.3, -0.25) is 9.36 Å². The normalized spacial score (nSPS) is 20.7. The maximum Gasteiger partial charge on any atom is 0.414 e. The van der Waals surface area contributed by atoms with Gasteiger partial charge in [0.1, 0.15) is 11.2 Å². The van der Waals surface area contributed by atoms with Crippen molar-refractivity contribution in [3.8, 4) is 5.75 Å². The molecule has 1 aromatic heterocycles. The van der Waals surface area contributed by atoms with E-state index in [0.717, 1.165) is 6.07 Å². The summed E-state index contributed by atoms with van der Waals surface area (Å²) in [7, 11) is 1.23. The van der Waals surface area contributed by atoms with E-state index in [0.29, 0.717) is 17.5 Å². The maximum atomic E-state index is 15.1. The summed E-state index contributed by atoms with van der Waals surface area (Å²) in [6.07, 6.45) is -6.02. The Bertz CT molecular complexity index is 1120. The highest BCUT2D eigenvalue weighted by molar-refractivity contribution is 5.91. The lowest BCUT2D eigenvalue weighted by Crippen LogP contribution is -2.44. The number of aliphatic hydroxyl groups excluding tert-OH is 1. The maximum absolute atomic E-state index is 15.1. The molecule has 1 aliphatic carbocycles. The number of hydrogen-bond donors (Lipinski definition) is 2. The summed E-state index contributed by atoms with van der Waals surface area (Å²) in [5, 5.41) is 9.41. The van der Waals surface area contributed by atoms with Crippen LogP contribution in [0.3, 0.4) is 0 Å². The van der Waals surface area contributed by atoms with Gasteiger partial charge in [-0.05, 0) is 25.3 Å². The number of aliphatic hydroxyl groups is 1. The molecule has 3 N–H and O–H groups in total. The molecule has 2 aromatic rings. The number of nitrogen functional groups attached to an aromatic ring is 1. The summed E-state index contributed by atoms with van der Waals surface area (Å²) < 4.78 is 60.8. The van der Waals surface area contributed by atoms with Gasteiger partial charge in [-0.15, -0.1) is 0 Å². The largest absolute Gasteiger partial charge is 0.492 e. The number of benzene rings is 1. The number of ether oxygens (including phenoxy) is 1. The minimum atomic E-state index is -4.79. The van der Waals surface area contributed by atoms with Crippen molar-refractivity contribution < 1.29 is 27.4 Å². The van der Waals surface area contributed by atoms with Crippen LogP contribution >= 0.6 is 0 Å². The monoisotopic (exact) mass is 432 g/mol. The van der Waals surface area contributed by atoms with Crippen molar-refractivity contribution >= 4 is 16.6 Å². The number of methoxy groups -OCH3 is 1.